The second kappa shape index (κ2) is 8.14. The first kappa shape index (κ1) is 17.5. The minimum absolute atomic E-state index is 0.161. The summed E-state index contributed by atoms with van der Waals surface area (Å²) in [6.07, 6.45) is 3.17. The predicted octanol–water partition coefficient (Wildman–Crippen LogP) is 2.99. The van der Waals surface area contributed by atoms with E-state index in [0.29, 0.717) is 5.76 Å². The van der Waals surface area contributed by atoms with E-state index >= 15 is 0 Å². The summed E-state index contributed by atoms with van der Waals surface area (Å²) in [7, 11) is 2.16. The van der Waals surface area contributed by atoms with Gasteiger partial charge >= 0.3 is 0 Å². The summed E-state index contributed by atoms with van der Waals surface area (Å²) >= 11 is 0. The van der Waals surface area contributed by atoms with Gasteiger partial charge < -0.3 is 14.6 Å². The van der Waals surface area contributed by atoms with Gasteiger partial charge in [-0.3, -0.25) is 9.69 Å². The molecule has 0 aliphatic carbocycles. The van der Waals surface area contributed by atoms with Crippen LogP contribution in [0.15, 0.2) is 46.9 Å². The van der Waals surface area contributed by atoms with Crippen molar-refractivity contribution in [2.45, 2.75) is 13.5 Å². The Kier molecular flexibility index (Phi) is 5.68. The van der Waals surface area contributed by atoms with Crippen molar-refractivity contribution in [3.8, 4) is 0 Å². The number of piperazine rings is 1. The fraction of sp³-hybridized carbons (Fsp3) is 0.350. The average molecular weight is 339 g/mol. The van der Waals surface area contributed by atoms with Crippen LogP contribution in [0.2, 0.25) is 0 Å². The first-order valence-corrected chi connectivity index (χ1v) is 8.64. The SMILES string of the molecule is Cc1ccc(/C=C/C(=O)Nc2cccc(CN3CCN(C)CC3)c2)o1. The van der Waals surface area contributed by atoms with Crippen molar-refractivity contribution < 1.29 is 9.21 Å². The number of carbonyl (C=O) groups excluding carboxylic acids is 1. The summed E-state index contributed by atoms with van der Waals surface area (Å²) in [6.45, 7) is 7.17. The molecule has 5 nitrogen and oxygen atoms in total. The van der Waals surface area contributed by atoms with Crippen LogP contribution in [0.1, 0.15) is 17.1 Å². The Morgan fingerprint density at radius 3 is 2.72 bits per heavy atom. The maximum Gasteiger partial charge on any atom is 0.248 e. The first-order chi connectivity index (χ1) is 12.1. The van der Waals surface area contributed by atoms with Crippen LogP contribution >= 0.6 is 0 Å². The van der Waals surface area contributed by atoms with E-state index < -0.39 is 0 Å². The molecule has 2 aromatic rings. The van der Waals surface area contributed by atoms with Crippen LogP contribution < -0.4 is 5.32 Å². The van der Waals surface area contributed by atoms with E-state index in [1.807, 2.05) is 37.3 Å². The fourth-order valence-electron chi connectivity index (χ4n) is 2.90. The minimum Gasteiger partial charge on any atom is -0.462 e. The highest BCUT2D eigenvalue weighted by atomic mass is 16.3. The summed E-state index contributed by atoms with van der Waals surface area (Å²) < 4.78 is 5.42. The molecule has 2 heterocycles. The molecule has 25 heavy (non-hydrogen) atoms. The molecule has 1 saturated heterocycles. The van der Waals surface area contributed by atoms with Crippen LogP contribution in [-0.2, 0) is 11.3 Å². The van der Waals surface area contributed by atoms with Crippen LogP contribution in [0, 0.1) is 6.92 Å². The number of rotatable bonds is 5. The highest BCUT2D eigenvalue weighted by Gasteiger charge is 2.13. The third-order valence-corrected chi connectivity index (χ3v) is 4.36. The van der Waals surface area contributed by atoms with Gasteiger partial charge in [0.2, 0.25) is 5.91 Å². The van der Waals surface area contributed by atoms with E-state index in [1.54, 1.807) is 6.08 Å². The number of amides is 1. The Morgan fingerprint density at radius 1 is 1.20 bits per heavy atom. The highest BCUT2D eigenvalue weighted by molar-refractivity contribution is 6.01. The number of furan rings is 1. The number of anilines is 1. The van der Waals surface area contributed by atoms with Crippen molar-refractivity contribution in [1.82, 2.24) is 9.80 Å². The van der Waals surface area contributed by atoms with Crippen LogP contribution in [0.3, 0.4) is 0 Å². The van der Waals surface area contributed by atoms with Gasteiger partial charge in [0.25, 0.3) is 0 Å². The van der Waals surface area contributed by atoms with Crippen molar-refractivity contribution >= 4 is 17.7 Å². The monoisotopic (exact) mass is 339 g/mol. The van der Waals surface area contributed by atoms with Crippen LogP contribution in [0.4, 0.5) is 5.69 Å². The fourth-order valence-corrected chi connectivity index (χ4v) is 2.90. The largest absolute Gasteiger partial charge is 0.462 e. The van der Waals surface area contributed by atoms with E-state index in [-0.39, 0.29) is 5.91 Å². The van der Waals surface area contributed by atoms with Gasteiger partial charge in [-0.15, -0.1) is 0 Å². The summed E-state index contributed by atoms with van der Waals surface area (Å²) in [5.74, 6) is 1.35. The predicted molar refractivity (Wildman–Crippen MR) is 100 cm³/mol. The Labute approximate surface area is 148 Å². The van der Waals surface area contributed by atoms with Crippen LogP contribution in [-0.4, -0.2) is 48.9 Å². The normalized spacial score (nSPS) is 16.4. The molecule has 1 aliphatic rings. The molecule has 0 radical (unpaired) electrons. The number of benzene rings is 1. The van der Waals surface area contributed by atoms with Gasteiger partial charge in [-0.2, -0.15) is 0 Å². The highest BCUT2D eigenvalue weighted by Crippen LogP contribution is 2.14. The molecule has 3 rings (SSSR count). The lowest BCUT2D eigenvalue weighted by Crippen LogP contribution is -2.43. The van der Waals surface area contributed by atoms with Crippen molar-refractivity contribution in [1.29, 1.82) is 0 Å². The Morgan fingerprint density at radius 2 is 2.00 bits per heavy atom. The smallest absolute Gasteiger partial charge is 0.248 e. The van der Waals surface area contributed by atoms with Gasteiger partial charge in [0.1, 0.15) is 11.5 Å². The first-order valence-electron chi connectivity index (χ1n) is 8.64. The van der Waals surface area contributed by atoms with E-state index in [4.69, 9.17) is 4.42 Å². The number of nitrogens with zero attached hydrogens (tertiary/aromatic N) is 2. The number of likely N-dealkylation sites (N-methyl/N-ethyl adjacent to an activating group) is 1. The molecular formula is C20H25N3O2. The second-order valence-corrected chi connectivity index (χ2v) is 6.55. The molecule has 0 bridgehead atoms. The van der Waals surface area contributed by atoms with Gasteiger partial charge in [-0.1, -0.05) is 12.1 Å². The molecule has 1 aromatic carbocycles. The standard InChI is InChI=1S/C20H25N3O2/c1-16-6-7-19(25-16)8-9-20(24)21-18-5-3-4-17(14-18)15-23-12-10-22(2)11-13-23/h3-9,14H,10-13,15H2,1-2H3,(H,21,24)/b9-8+. The zero-order valence-electron chi connectivity index (χ0n) is 14.9. The van der Waals surface area contributed by atoms with Crippen molar-refractivity contribution in [2.75, 3.05) is 38.5 Å². The van der Waals surface area contributed by atoms with Gasteiger partial charge in [0.05, 0.1) is 0 Å². The number of hydrogen-bond acceptors (Lipinski definition) is 4. The molecule has 1 amide bonds. The van der Waals surface area contributed by atoms with E-state index in [9.17, 15) is 4.79 Å². The van der Waals surface area contributed by atoms with Gasteiger partial charge in [-0.25, -0.2) is 0 Å². The molecule has 1 aromatic heterocycles. The number of nitrogens with one attached hydrogen (secondary N) is 1. The number of carbonyl (C=O) groups is 1. The topological polar surface area (TPSA) is 48.7 Å². The summed E-state index contributed by atoms with van der Waals surface area (Å²) in [6, 6.07) is 11.8. The number of hydrogen-bond donors (Lipinski definition) is 1. The molecule has 0 atom stereocenters. The molecule has 1 N–H and O–H groups in total. The molecule has 132 valence electrons. The average Bonchev–Trinajstić information content (AvgIpc) is 3.01. The second-order valence-electron chi connectivity index (χ2n) is 6.55. The minimum atomic E-state index is -0.161. The van der Waals surface area contributed by atoms with E-state index in [2.05, 4.69) is 28.2 Å². The third-order valence-electron chi connectivity index (χ3n) is 4.36. The van der Waals surface area contributed by atoms with Crippen LogP contribution in [0.25, 0.3) is 6.08 Å². The third kappa shape index (κ3) is 5.31. The maximum atomic E-state index is 12.1. The van der Waals surface area contributed by atoms with Crippen LogP contribution in [0.5, 0.6) is 0 Å². The molecule has 1 aliphatic heterocycles. The summed E-state index contributed by atoms with van der Waals surface area (Å²) in [4.78, 5) is 16.9. The van der Waals surface area contributed by atoms with Gasteiger partial charge in [-0.05, 0) is 49.9 Å². The van der Waals surface area contributed by atoms with Gasteiger partial charge in [0, 0.05) is 44.5 Å². The zero-order valence-corrected chi connectivity index (χ0v) is 14.9. The molecule has 5 heteroatoms. The molecule has 1 fully saturated rings. The Hall–Kier alpha value is -2.37. The quantitative estimate of drug-likeness (QED) is 0.851. The molecule has 0 unspecified atom stereocenters. The molecular weight excluding hydrogens is 314 g/mol. The lowest BCUT2D eigenvalue weighted by Gasteiger charge is -2.32. The van der Waals surface area contributed by atoms with Crippen molar-refractivity contribution in [3.05, 3.63) is 59.6 Å². The van der Waals surface area contributed by atoms with Crippen molar-refractivity contribution in [3.63, 3.8) is 0 Å². The molecule has 0 spiro atoms. The Balaban J connectivity index is 1.55. The number of aryl methyl sites for hydroxylation is 1. The maximum absolute atomic E-state index is 12.1. The van der Waals surface area contributed by atoms with Gasteiger partial charge in [0.15, 0.2) is 0 Å². The molecule has 0 saturated carbocycles. The lowest BCUT2D eigenvalue weighted by molar-refractivity contribution is -0.111. The summed E-state index contributed by atoms with van der Waals surface area (Å²) in [5, 5.41) is 2.91. The lowest BCUT2D eigenvalue weighted by atomic mass is 10.1. The van der Waals surface area contributed by atoms with Crippen molar-refractivity contribution in [2.24, 2.45) is 0 Å². The zero-order chi connectivity index (χ0) is 17.6. The van der Waals surface area contributed by atoms with E-state index in [0.717, 1.165) is 44.2 Å². The Bertz CT molecular complexity index is 743. The van der Waals surface area contributed by atoms with E-state index in [1.165, 1.54) is 11.6 Å². The summed E-state index contributed by atoms with van der Waals surface area (Å²) in [5.41, 5.74) is 2.03.